The molecule has 154 valence electrons. The van der Waals surface area contributed by atoms with E-state index in [1.54, 1.807) is 0 Å². The maximum atomic E-state index is 13.3. The summed E-state index contributed by atoms with van der Waals surface area (Å²) in [5.74, 6) is 0.280. The van der Waals surface area contributed by atoms with Crippen molar-refractivity contribution >= 4 is 22.9 Å². The van der Waals surface area contributed by atoms with Crippen LogP contribution in [0.3, 0.4) is 0 Å². The molecule has 0 aliphatic carbocycles. The number of pyridine rings is 1. The molecule has 0 aliphatic rings. The van der Waals surface area contributed by atoms with Crippen molar-refractivity contribution in [3.63, 3.8) is 0 Å². The number of H-pyrrole nitrogens is 1. The highest BCUT2D eigenvalue weighted by molar-refractivity contribution is 5.93. The molecule has 2 nitrogen and oxygen atoms in total. The van der Waals surface area contributed by atoms with E-state index in [4.69, 9.17) is 4.74 Å². The molecule has 0 saturated carbocycles. The summed E-state index contributed by atoms with van der Waals surface area (Å²) in [5.41, 5.74) is -0.759. The van der Waals surface area contributed by atoms with E-state index in [1.165, 1.54) is 49.6 Å². The van der Waals surface area contributed by atoms with Gasteiger partial charge in [0, 0.05) is 11.5 Å². The van der Waals surface area contributed by atoms with Gasteiger partial charge in [-0.2, -0.15) is 26.3 Å². The number of aromatic amines is 1. The lowest BCUT2D eigenvalue weighted by Gasteiger charge is -2.09. The predicted octanol–water partition coefficient (Wildman–Crippen LogP) is 2.87. The van der Waals surface area contributed by atoms with Gasteiger partial charge in [-0.25, -0.2) is 4.98 Å². The third-order valence-corrected chi connectivity index (χ3v) is 4.16. The fourth-order valence-corrected chi connectivity index (χ4v) is 2.75. The highest BCUT2D eigenvalue weighted by atomic mass is 35.5. The van der Waals surface area contributed by atoms with Crippen molar-refractivity contribution < 1.29 is 48.5 Å². The van der Waals surface area contributed by atoms with E-state index in [0.717, 1.165) is 18.3 Å². The van der Waals surface area contributed by atoms with Crippen LogP contribution < -0.4 is 22.1 Å². The molecule has 3 rings (SSSR count). The highest BCUT2D eigenvalue weighted by Gasteiger charge is 2.35. The van der Waals surface area contributed by atoms with Crippen LogP contribution in [0, 0.1) is 0 Å². The van der Waals surface area contributed by atoms with E-state index in [2.05, 4.69) is 4.98 Å². The van der Waals surface area contributed by atoms with E-state index in [1.807, 2.05) is 0 Å². The number of alkyl halides is 6. The normalized spacial score (nSPS) is 12.2. The van der Waals surface area contributed by atoms with Crippen LogP contribution in [-0.4, -0.2) is 7.11 Å². The molecule has 3 aromatic rings. The lowest BCUT2D eigenvalue weighted by atomic mass is 10.0. The monoisotopic (exact) mass is 433 g/mol. The number of benzene rings is 2. The number of hydrogen-bond acceptors (Lipinski definition) is 1. The Labute approximate surface area is 168 Å². The van der Waals surface area contributed by atoms with Gasteiger partial charge in [0.2, 0.25) is 5.69 Å². The second-order valence-corrected chi connectivity index (χ2v) is 5.98. The highest BCUT2D eigenvalue weighted by Crippen LogP contribution is 2.36. The van der Waals surface area contributed by atoms with Crippen molar-refractivity contribution in [2.45, 2.75) is 12.4 Å². The SMILES string of the molecule is COc1ccc2c(C=Cc3ccc(C(F)(F)F)cc3)[nH+]cc(C(F)(F)F)c2c1.[Cl-]. The van der Waals surface area contributed by atoms with Crippen LogP contribution in [0.15, 0.2) is 48.7 Å². The Balaban J connectivity index is 0.00000300. The quantitative estimate of drug-likeness (QED) is 0.583. The maximum Gasteiger partial charge on any atom is 0.422 e. The van der Waals surface area contributed by atoms with Crippen molar-refractivity contribution in [3.05, 3.63) is 71.0 Å². The lowest BCUT2D eigenvalue weighted by molar-refractivity contribution is -0.381. The number of nitrogens with one attached hydrogen (secondary N) is 1. The second-order valence-electron chi connectivity index (χ2n) is 5.98. The zero-order valence-corrected chi connectivity index (χ0v) is 15.6. The molecule has 0 saturated heterocycles. The first-order valence-electron chi connectivity index (χ1n) is 8.04. The molecule has 0 bridgehead atoms. The van der Waals surface area contributed by atoms with Gasteiger partial charge in [-0.05, 0) is 42.0 Å². The summed E-state index contributed by atoms with van der Waals surface area (Å²) in [7, 11) is 1.36. The smallest absolute Gasteiger partial charge is 0.422 e. The Hall–Kier alpha value is -2.74. The molecule has 9 heteroatoms. The summed E-state index contributed by atoms with van der Waals surface area (Å²) in [4.78, 5) is 2.60. The molecule has 29 heavy (non-hydrogen) atoms. The standard InChI is InChI=1S/C20H13F6NO.ClH/c1-28-14-7-8-15-16(10-14)17(20(24,25)26)11-27-18(15)9-4-12-2-5-13(6-3-12)19(21,22)23;/h2-11H,1H3;1H. The predicted molar refractivity (Wildman–Crippen MR) is 92.4 cm³/mol. The van der Waals surface area contributed by atoms with Gasteiger partial charge in [-0.15, -0.1) is 0 Å². The maximum absolute atomic E-state index is 13.3. The van der Waals surface area contributed by atoms with E-state index in [9.17, 15) is 26.3 Å². The summed E-state index contributed by atoms with van der Waals surface area (Å²) in [6, 6.07) is 8.78. The van der Waals surface area contributed by atoms with Crippen LogP contribution >= 0.6 is 0 Å². The topological polar surface area (TPSA) is 23.4 Å². The van der Waals surface area contributed by atoms with Crippen molar-refractivity contribution in [3.8, 4) is 5.75 Å². The van der Waals surface area contributed by atoms with Crippen LogP contribution in [-0.2, 0) is 12.4 Å². The first kappa shape index (κ1) is 22.5. The molecule has 0 aliphatic heterocycles. The van der Waals surface area contributed by atoms with E-state index in [-0.39, 0.29) is 23.5 Å². The van der Waals surface area contributed by atoms with Gasteiger partial charge in [-0.3, -0.25) is 0 Å². The van der Waals surface area contributed by atoms with Gasteiger partial charge in [0.15, 0.2) is 6.20 Å². The average molecular weight is 434 g/mol. The largest absolute Gasteiger partial charge is 1.00 e. The molecular formula is C20H14ClF6NO. The Kier molecular flexibility index (Phi) is 6.47. The second kappa shape index (κ2) is 8.32. The number of hydrogen-bond donors (Lipinski definition) is 0. The summed E-state index contributed by atoms with van der Waals surface area (Å²) in [6.07, 6.45) is -5.11. The Morgan fingerprint density at radius 2 is 1.48 bits per heavy atom. The molecule has 1 aromatic heterocycles. The molecule has 0 unspecified atom stereocenters. The fourth-order valence-electron chi connectivity index (χ4n) is 2.75. The van der Waals surface area contributed by atoms with Crippen LogP contribution in [0.2, 0.25) is 0 Å². The van der Waals surface area contributed by atoms with E-state index >= 15 is 0 Å². The van der Waals surface area contributed by atoms with Crippen LogP contribution in [0.5, 0.6) is 5.75 Å². The molecule has 0 atom stereocenters. The number of fused-ring (bicyclic) bond motifs is 1. The summed E-state index contributed by atoms with van der Waals surface area (Å²) < 4.78 is 82.8. The first-order valence-corrected chi connectivity index (χ1v) is 8.04. The number of rotatable bonds is 3. The lowest BCUT2D eigenvalue weighted by Crippen LogP contribution is -3.00. The number of aromatic nitrogens is 1. The molecule has 0 amide bonds. The minimum atomic E-state index is -4.56. The molecular weight excluding hydrogens is 420 g/mol. The summed E-state index contributed by atoms with van der Waals surface area (Å²) in [5, 5.41) is 0.261. The van der Waals surface area contributed by atoms with Crippen molar-refractivity contribution in [2.75, 3.05) is 7.11 Å². The van der Waals surface area contributed by atoms with Gasteiger partial charge in [0.1, 0.15) is 11.3 Å². The van der Waals surface area contributed by atoms with Gasteiger partial charge in [0.05, 0.1) is 18.1 Å². The van der Waals surface area contributed by atoms with E-state index < -0.39 is 23.5 Å². The zero-order chi connectivity index (χ0) is 20.5. The number of methoxy groups -OCH3 is 1. The van der Waals surface area contributed by atoms with Crippen LogP contribution in [0.4, 0.5) is 26.3 Å². The van der Waals surface area contributed by atoms with Crippen molar-refractivity contribution in [1.29, 1.82) is 0 Å². The average Bonchev–Trinajstić information content (AvgIpc) is 2.64. The molecule has 1 heterocycles. The first-order chi connectivity index (χ1) is 13.1. The molecule has 2 aromatic carbocycles. The Morgan fingerprint density at radius 1 is 0.828 bits per heavy atom. The van der Waals surface area contributed by atoms with Crippen LogP contribution in [0.25, 0.3) is 22.9 Å². The Morgan fingerprint density at radius 3 is 2.03 bits per heavy atom. The van der Waals surface area contributed by atoms with Crippen molar-refractivity contribution in [1.82, 2.24) is 0 Å². The summed E-state index contributed by atoms with van der Waals surface area (Å²) in [6.45, 7) is 0. The van der Waals surface area contributed by atoms with Gasteiger partial charge < -0.3 is 17.1 Å². The van der Waals surface area contributed by atoms with Crippen LogP contribution in [0.1, 0.15) is 22.4 Å². The van der Waals surface area contributed by atoms with Gasteiger partial charge in [-0.1, -0.05) is 12.1 Å². The van der Waals surface area contributed by atoms with Gasteiger partial charge >= 0.3 is 12.4 Å². The van der Waals surface area contributed by atoms with E-state index in [0.29, 0.717) is 16.6 Å². The molecule has 0 radical (unpaired) electrons. The molecule has 0 spiro atoms. The fraction of sp³-hybridized carbons (Fsp3) is 0.150. The number of ether oxygens (including phenoxy) is 1. The minimum Gasteiger partial charge on any atom is -1.00 e. The zero-order valence-electron chi connectivity index (χ0n) is 14.8. The van der Waals surface area contributed by atoms with Gasteiger partial charge in [0.25, 0.3) is 0 Å². The molecule has 0 fully saturated rings. The van der Waals surface area contributed by atoms with Crippen molar-refractivity contribution in [2.24, 2.45) is 0 Å². The third kappa shape index (κ3) is 5.00. The number of halogens is 7. The minimum absolute atomic E-state index is 0. The third-order valence-electron chi connectivity index (χ3n) is 4.16. The summed E-state index contributed by atoms with van der Waals surface area (Å²) >= 11 is 0. The Bertz CT molecular complexity index is 1030. The molecule has 1 N–H and O–H groups in total.